The molecule has 0 radical (unpaired) electrons. The zero-order chi connectivity index (χ0) is 20.5. The minimum Gasteiger partial charge on any atom is -0.427 e. The van der Waals surface area contributed by atoms with Crippen molar-refractivity contribution in [3.8, 4) is 5.75 Å². The summed E-state index contributed by atoms with van der Waals surface area (Å²) >= 11 is 0. The summed E-state index contributed by atoms with van der Waals surface area (Å²) in [4.78, 5) is 35.9. The van der Waals surface area contributed by atoms with Crippen LogP contribution >= 0.6 is 0 Å². The number of nitrogens with one attached hydrogen (secondary N) is 2. The van der Waals surface area contributed by atoms with Crippen LogP contribution in [0.1, 0.15) is 49.5 Å². The van der Waals surface area contributed by atoms with E-state index in [1.54, 1.807) is 18.2 Å². The Morgan fingerprint density at radius 3 is 2.39 bits per heavy atom. The second-order valence-corrected chi connectivity index (χ2v) is 6.46. The third kappa shape index (κ3) is 5.94. The van der Waals surface area contributed by atoms with Gasteiger partial charge in [0, 0.05) is 30.6 Å². The average molecular weight is 382 g/mol. The van der Waals surface area contributed by atoms with Gasteiger partial charge in [-0.2, -0.15) is 0 Å². The fourth-order valence-electron chi connectivity index (χ4n) is 2.84. The SMILES string of the molecule is CCC(CC)C(=O)Nc1ccccc1CNC(=O)c1cccc(OC(C)=O)c1. The summed E-state index contributed by atoms with van der Waals surface area (Å²) in [5.41, 5.74) is 1.89. The minimum atomic E-state index is -0.445. The van der Waals surface area contributed by atoms with Gasteiger partial charge in [-0.25, -0.2) is 0 Å². The highest BCUT2D eigenvalue weighted by molar-refractivity contribution is 5.95. The van der Waals surface area contributed by atoms with Gasteiger partial charge in [0.2, 0.25) is 5.91 Å². The highest BCUT2D eigenvalue weighted by Crippen LogP contribution is 2.19. The van der Waals surface area contributed by atoms with Gasteiger partial charge >= 0.3 is 5.97 Å². The molecular weight excluding hydrogens is 356 g/mol. The molecule has 0 aliphatic carbocycles. The molecule has 0 bridgehead atoms. The summed E-state index contributed by atoms with van der Waals surface area (Å²) in [6, 6.07) is 13.8. The van der Waals surface area contributed by atoms with E-state index in [4.69, 9.17) is 4.74 Å². The smallest absolute Gasteiger partial charge is 0.308 e. The highest BCUT2D eigenvalue weighted by Gasteiger charge is 2.16. The maximum atomic E-state index is 12.5. The quantitative estimate of drug-likeness (QED) is 0.535. The number of para-hydroxylation sites is 1. The van der Waals surface area contributed by atoms with Crippen LogP contribution in [0.25, 0.3) is 0 Å². The number of ether oxygens (including phenoxy) is 1. The van der Waals surface area contributed by atoms with Gasteiger partial charge in [-0.3, -0.25) is 14.4 Å². The number of benzene rings is 2. The normalized spacial score (nSPS) is 10.4. The van der Waals surface area contributed by atoms with Crippen molar-refractivity contribution in [2.24, 2.45) is 5.92 Å². The van der Waals surface area contributed by atoms with Crippen LogP contribution in [-0.4, -0.2) is 17.8 Å². The summed E-state index contributed by atoms with van der Waals surface area (Å²) in [6.07, 6.45) is 1.56. The number of carbonyl (C=O) groups excluding carboxylic acids is 3. The molecular formula is C22H26N2O4. The van der Waals surface area contributed by atoms with Crippen LogP contribution in [0.3, 0.4) is 0 Å². The van der Waals surface area contributed by atoms with E-state index >= 15 is 0 Å². The monoisotopic (exact) mass is 382 g/mol. The largest absolute Gasteiger partial charge is 0.427 e. The molecule has 0 fully saturated rings. The van der Waals surface area contributed by atoms with E-state index in [-0.39, 0.29) is 24.3 Å². The number of hydrogen-bond acceptors (Lipinski definition) is 4. The van der Waals surface area contributed by atoms with Crippen LogP contribution in [0, 0.1) is 5.92 Å². The van der Waals surface area contributed by atoms with E-state index in [0.29, 0.717) is 17.0 Å². The summed E-state index contributed by atoms with van der Waals surface area (Å²) in [5, 5.41) is 5.79. The standard InChI is InChI=1S/C22H26N2O4/c1-4-16(5-2)22(27)24-20-12-7-6-9-18(20)14-23-21(26)17-10-8-11-19(13-17)28-15(3)25/h6-13,16H,4-5,14H2,1-3H3,(H,23,26)(H,24,27). The van der Waals surface area contributed by atoms with Gasteiger partial charge < -0.3 is 15.4 Å². The summed E-state index contributed by atoms with van der Waals surface area (Å²) in [6.45, 7) is 5.54. The number of anilines is 1. The molecule has 0 heterocycles. The molecule has 28 heavy (non-hydrogen) atoms. The molecule has 2 aromatic rings. The molecule has 2 rings (SSSR count). The highest BCUT2D eigenvalue weighted by atomic mass is 16.5. The third-order valence-corrected chi connectivity index (χ3v) is 4.43. The zero-order valence-electron chi connectivity index (χ0n) is 16.5. The Balaban J connectivity index is 2.06. The Morgan fingerprint density at radius 2 is 1.71 bits per heavy atom. The summed E-state index contributed by atoms with van der Waals surface area (Å²) in [7, 11) is 0. The van der Waals surface area contributed by atoms with E-state index in [2.05, 4.69) is 10.6 Å². The maximum absolute atomic E-state index is 12.5. The molecule has 2 aromatic carbocycles. The van der Waals surface area contributed by atoms with E-state index in [0.717, 1.165) is 18.4 Å². The topological polar surface area (TPSA) is 84.5 Å². The summed E-state index contributed by atoms with van der Waals surface area (Å²) < 4.78 is 5.01. The molecule has 0 aromatic heterocycles. The lowest BCUT2D eigenvalue weighted by Gasteiger charge is -2.16. The molecule has 0 saturated heterocycles. The van der Waals surface area contributed by atoms with E-state index in [1.807, 2.05) is 38.1 Å². The first-order chi connectivity index (χ1) is 13.4. The zero-order valence-corrected chi connectivity index (χ0v) is 16.5. The molecule has 148 valence electrons. The van der Waals surface area contributed by atoms with Crippen molar-refractivity contribution in [1.29, 1.82) is 0 Å². The van der Waals surface area contributed by atoms with Gasteiger partial charge in [-0.05, 0) is 42.7 Å². The van der Waals surface area contributed by atoms with Crippen LogP contribution in [0.5, 0.6) is 5.75 Å². The van der Waals surface area contributed by atoms with Crippen molar-refractivity contribution in [3.63, 3.8) is 0 Å². The van der Waals surface area contributed by atoms with Gasteiger partial charge in [0.25, 0.3) is 5.91 Å². The number of amides is 2. The van der Waals surface area contributed by atoms with E-state index in [9.17, 15) is 14.4 Å². The second kappa shape index (κ2) is 10.3. The van der Waals surface area contributed by atoms with Crippen molar-refractivity contribution in [2.45, 2.75) is 40.2 Å². The molecule has 6 heteroatoms. The first-order valence-electron chi connectivity index (χ1n) is 9.40. The van der Waals surface area contributed by atoms with Gasteiger partial charge in [-0.1, -0.05) is 38.1 Å². The van der Waals surface area contributed by atoms with E-state index < -0.39 is 5.97 Å². The lowest BCUT2D eigenvalue weighted by Crippen LogP contribution is -2.25. The number of rotatable bonds is 8. The minimum absolute atomic E-state index is 0.0159. The number of carbonyl (C=O) groups is 3. The lowest BCUT2D eigenvalue weighted by molar-refractivity contribution is -0.131. The van der Waals surface area contributed by atoms with Gasteiger partial charge in [0.1, 0.15) is 5.75 Å². The van der Waals surface area contributed by atoms with Crippen LogP contribution in [0.4, 0.5) is 5.69 Å². The Hall–Kier alpha value is -3.15. The Labute approximate surface area is 165 Å². The molecule has 0 aliphatic heterocycles. The first kappa shape index (κ1) is 21.2. The van der Waals surface area contributed by atoms with Crippen molar-refractivity contribution in [3.05, 3.63) is 59.7 Å². The molecule has 0 atom stereocenters. The van der Waals surface area contributed by atoms with Gasteiger partial charge in [0.05, 0.1) is 0 Å². The number of esters is 1. The lowest BCUT2D eigenvalue weighted by atomic mass is 10.0. The Morgan fingerprint density at radius 1 is 1.00 bits per heavy atom. The predicted octanol–water partition coefficient (Wildman–Crippen LogP) is 3.92. The average Bonchev–Trinajstić information content (AvgIpc) is 2.67. The van der Waals surface area contributed by atoms with Gasteiger partial charge in [-0.15, -0.1) is 0 Å². The third-order valence-electron chi connectivity index (χ3n) is 4.43. The van der Waals surface area contributed by atoms with Crippen molar-refractivity contribution < 1.29 is 19.1 Å². The molecule has 2 N–H and O–H groups in total. The fourth-order valence-corrected chi connectivity index (χ4v) is 2.84. The Kier molecular flexibility index (Phi) is 7.75. The summed E-state index contributed by atoms with van der Waals surface area (Å²) in [5.74, 6) is -0.475. The Bertz CT molecular complexity index is 844. The van der Waals surface area contributed by atoms with Crippen LogP contribution < -0.4 is 15.4 Å². The van der Waals surface area contributed by atoms with Gasteiger partial charge in [0.15, 0.2) is 0 Å². The second-order valence-electron chi connectivity index (χ2n) is 6.46. The van der Waals surface area contributed by atoms with Crippen molar-refractivity contribution in [2.75, 3.05) is 5.32 Å². The maximum Gasteiger partial charge on any atom is 0.308 e. The molecule has 6 nitrogen and oxygen atoms in total. The van der Waals surface area contributed by atoms with Crippen LogP contribution in [0.2, 0.25) is 0 Å². The molecule has 2 amide bonds. The first-order valence-corrected chi connectivity index (χ1v) is 9.40. The van der Waals surface area contributed by atoms with Crippen molar-refractivity contribution >= 4 is 23.5 Å². The predicted molar refractivity (Wildman–Crippen MR) is 108 cm³/mol. The molecule has 0 saturated carbocycles. The van der Waals surface area contributed by atoms with Crippen LogP contribution in [0.15, 0.2) is 48.5 Å². The van der Waals surface area contributed by atoms with E-state index in [1.165, 1.54) is 13.0 Å². The fraction of sp³-hybridized carbons (Fsp3) is 0.318. The number of hydrogen-bond donors (Lipinski definition) is 2. The molecule has 0 unspecified atom stereocenters. The molecule has 0 spiro atoms. The van der Waals surface area contributed by atoms with Crippen LogP contribution in [-0.2, 0) is 16.1 Å². The molecule has 0 aliphatic rings. The van der Waals surface area contributed by atoms with Crippen molar-refractivity contribution in [1.82, 2.24) is 5.32 Å².